The van der Waals surface area contributed by atoms with E-state index in [2.05, 4.69) is 10.6 Å². The van der Waals surface area contributed by atoms with Gasteiger partial charge in [-0.05, 0) is 29.1 Å². The maximum atomic E-state index is 13.1. The number of morpholine rings is 1. The van der Waals surface area contributed by atoms with Crippen molar-refractivity contribution in [3.8, 4) is 0 Å². The van der Waals surface area contributed by atoms with Crippen molar-refractivity contribution in [2.24, 2.45) is 0 Å². The van der Waals surface area contributed by atoms with Gasteiger partial charge in [0.05, 0.1) is 19.8 Å². The lowest BCUT2D eigenvalue weighted by Gasteiger charge is -2.33. The number of amides is 1. The Labute approximate surface area is 159 Å². The van der Waals surface area contributed by atoms with E-state index in [0.29, 0.717) is 31.9 Å². The molecule has 27 heavy (non-hydrogen) atoms. The Hall–Kier alpha value is -2.63. The van der Waals surface area contributed by atoms with Crippen LogP contribution < -0.4 is 0 Å². The number of carbonyl (C=O) groups is 1. The molecule has 0 spiro atoms. The van der Waals surface area contributed by atoms with E-state index >= 15 is 0 Å². The van der Waals surface area contributed by atoms with Crippen molar-refractivity contribution in [3.63, 3.8) is 0 Å². The lowest BCUT2D eigenvalue weighted by atomic mass is 10.1. The van der Waals surface area contributed by atoms with Crippen LogP contribution in [0.25, 0.3) is 10.9 Å². The topological polar surface area (TPSA) is 43.7 Å². The molecule has 0 aliphatic carbocycles. The molecule has 1 aromatic heterocycles. The molecule has 1 atom stereocenters. The molecule has 5 heteroatoms. The average Bonchev–Trinajstić information content (AvgIpc) is 3.14. The standard InChI is InChI=1S/C22H24N2O3/c1-26-13-11-23-10-9-17-7-8-19(15-20(17)23)22(25)24-12-14-27-21(16-24)18-5-3-2-4-6-18/h2-10,15,21H,11-14,16H2,1H3/t21-/m0/s1. The van der Waals surface area contributed by atoms with E-state index < -0.39 is 0 Å². The number of benzene rings is 2. The first-order chi connectivity index (χ1) is 13.3. The van der Waals surface area contributed by atoms with Gasteiger partial charge in [-0.2, -0.15) is 0 Å². The van der Waals surface area contributed by atoms with Crippen molar-refractivity contribution in [1.82, 2.24) is 9.47 Å². The third-order valence-electron chi connectivity index (χ3n) is 5.08. The number of rotatable bonds is 5. The molecule has 0 radical (unpaired) electrons. The van der Waals surface area contributed by atoms with Crippen LogP contribution in [0.1, 0.15) is 22.0 Å². The second-order valence-electron chi connectivity index (χ2n) is 6.80. The van der Waals surface area contributed by atoms with Crippen LogP contribution in [0.5, 0.6) is 0 Å². The van der Waals surface area contributed by atoms with Crippen molar-refractivity contribution >= 4 is 16.8 Å². The number of aromatic nitrogens is 1. The molecule has 0 saturated carbocycles. The highest BCUT2D eigenvalue weighted by Gasteiger charge is 2.26. The second-order valence-corrected chi connectivity index (χ2v) is 6.80. The summed E-state index contributed by atoms with van der Waals surface area (Å²) in [4.78, 5) is 15.0. The predicted molar refractivity (Wildman–Crippen MR) is 105 cm³/mol. The summed E-state index contributed by atoms with van der Waals surface area (Å²) in [5.74, 6) is 0.0561. The second kappa shape index (κ2) is 7.94. The number of carbonyl (C=O) groups excluding carboxylic acids is 1. The molecule has 1 saturated heterocycles. The van der Waals surface area contributed by atoms with Crippen LogP contribution in [0.15, 0.2) is 60.8 Å². The van der Waals surface area contributed by atoms with Gasteiger partial charge in [0.15, 0.2) is 0 Å². The molecule has 1 aliphatic heterocycles. The Morgan fingerprint density at radius 2 is 2.04 bits per heavy atom. The summed E-state index contributed by atoms with van der Waals surface area (Å²) in [7, 11) is 1.70. The maximum absolute atomic E-state index is 13.1. The van der Waals surface area contributed by atoms with Gasteiger partial charge in [0.2, 0.25) is 0 Å². The summed E-state index contributed by atoms with van der Waals surface area (Å²) in [5, 5.41) is 1.13. The van der Waals surface area contributed by atoms with Gasteiger partial charge in [0.1, 0.15) is 6.10 Å². The molecule has 0 N–H and O–H groups in total. The number of fused-ring (bicyclic) bond motifs is 1. The Morgan fingerprint density at radius 3 is 2.85 bits per heavy atom. The van der Waals surface area contributed by atoms with Gasteiger partial charge in [-0.25, -0.2) is 0 Å². The summed E-state index contributed by atoms with van der Waals surface area (Å²) >= 11 is 0. The number of nitrogens with zero attached hydrogens (tertiary/aromatic N) is 2. The van der Waals surface area contributed by atoms with Crippen molar-refractivity contribution in [2.75, 3.05) is 33.4 Å². The molecule has 0 bridgehead atoms. The number of methoxy groups -OCH3 is 1. The highest BCUT2D eigenvalue weighted by molar-refractivity contribution is 5.98. The normalized spacial score (nSPS) is 17.4. The van der Waals surface area contributed by atoms with Crippen LogP contribution in [-0.2, 0) is 16.0 Å². The average molecular weight is 364 g/mol. The third kappa shape index (κ3) is 3.75. The van der Waals surface area contributed by atoms with E-state index in [-0.39, 0.29) is 12.0 Å². The van der Waals surface area contributed by atoms with Gasteiger partial charge in [-0.1, -0.05) is 36.4 Å². The summed E-state index contributed by atoms with van der Waals surface area (Å²) in [6.45, 7) is 3.16. The summed E-state index contributed by atoms with van der Waals surface area (Å²) < 4.78 is 13.2. The first-order valence-electron chi connectivity index (χ1n) is 9.30. The van der Waals surface area contributed by atoms with E-state index in [9.17, 15) is 4.79 Å². The van der Waals surface area contributed by atoms with Crippen LogP contribution in [0.2, 0.25) is 0 Å². The lowest BCUT2D eigenvalue weighted by Crippen LogP contribution is -2.42. The Bertz CT molecular complexity index is 920. The van der Waals surface area contributed by atoms with Crippen molar-refractivity contribution in [3.05, 3.63) is 71.9 Å². The minimum Gasteiger partial charge on any atom is -0.383 e. The van der Waals surface area contributed by atoms with Crippen LogP contribution in [0.3, 0.4) is 0 Å². The minimum absolute atomic E-state index is 0.0561. The van der Waals surface area contributed by atoms with E-state index in [4.69, 9.17) is 9.47 Å². The Balaban J connectivity index is 1.54. The maximum Gasteiger partial charge on any atom is 0.254 e. The van der Waals surface area contributed by atoms with Crippen molar-refractivity contribution in [1.29, 1.82) is 0 Å². The molecule has 3 aromatic rings. The molecule has 1 fully saturated rings. The van der Waals surface area contributed by atoms with Crippen LogP contribution in [0.4, 0.5) is 0 Å². The zero-order chi connectivity index (χ0) is 18.6. The molecule has 4 rings (SSSR count). The van der Waals surface area contributed by atoms with Crippen molar-refractivity contribution < 1.29 is 14.3 Å². The highest BCUT2D eigenvalue weighted by atomic mass is 16.5. The molecular weight excluding hydrogens is 340 g/mol. The zero-order valence-corrected chi connectivity index (χ0v) is 15.5. The SMILES string of the molecule is COCCn1ccc2ccc(C(=O)N3CCO[C@H](c4ccccc4)C3)cc21. The number of ether oxygens (including phenoxy) is 2. The quantitative estimate of drug-likeness (QED) is 0.696. The van der Waals surface area contributed by atoms with E-state index in [1.165, 1.54) is 0 Å². The van der Waals surface area contributed by atoms with Gasteiger partial charge < -0.3 is 18.9 Å². The van der Waals surface area contributed by atoms with Gasteiger partial charge >= 0.3 is 0 Å². The smallest absolute Gasteiger partial charge is 0.254 e. The molecule has 1 aliphatic rings. The van der Waals surface area contributed by atoms with Gasteiger partial charge in [0, 0.05) is 37.5 Å². The fourth-order valence-electron chi connectivity index (χ4n) is 3.59. The van der Waals surface area contributed by atoms with Crippen molar-refractivity contribution in [2.45, 2.75) is 12.6 Å². The summed E-state index contributed by atoms with van der Waals surface area (Å²) in [6.07, 6.45) is 1.97. The zero-order valence-electron chi connectivity index (χ0n) is 15.5. The lowest BCUT2D eigenvalue weighted by molar-refractivity contribution is -0.0228. The fraction of sp³-hybridized carbons (Fsp3) is 0.318. The van der Waals surface area contributed by atoms with E-state index in [0.717, 1.165) is 23.0 Å². The first kappa shape index (κ1) is 17.8. The molecule has 140 valence electrons. The van der Waals surface area contributed by atoms with Crippen LogP contribution in [-0.4, -0.2) is 48.8 Å². The highest BCUT2D eigenvalue weighted by Crippen LogP contribution is 2.24. The molecule has 1 amide bonds. The largest absolute Gasteiger partial charge is 0.383 e. The Morgan fingerprint density at radius 1 is 1.19 bits per heavy atom. The molecule has 5 nitrogen and oxygen atoms in total. The number of hydrogen-bond acceptors (Lipinski definition) is 3. The summed E-state index contributed by atoms with van der Waals surface area (Å²) in [6, 6.07) is 18.1. The molecule has 0 unspecified atom stereocenters. The Kier molecular flexibility index (Phi) is 5.23. The predicted octanol–water partition coefficient (Wildman–Crippen LogP) is 3.50. The van der Waals surface area contributed by atoms with Gasteiger partial charge in [-0.15, -0.1) is 0 Å². The van der Waals surface area contributed by atoms with Crippen LogP contribution >= 0.6 is 0 Å². The van der Waals surface area contributed by atoms with Gasteiger partial charge in [-0.3, -0.25) is 4.79 Å². The third-order valence-corrected chi connectivity index (χ3v) is 5.08. The molecule has 2 aromatic carbocycles. The fourth-order valence-corrected chi connectivity index (χ4v) is 3.59. The molecular formula is C22H24N2O3. The van der Waals surface area contributed by atoms with E-state index in [1.54, 1.807) is 7.11 Å². The van der Waals surface area contributed by atoms with Crippen LogP contribution in [0, 0.1) is 0 Å². The van der Waals surface area contributed by atoms with E-state index in [1.807, 2.05) is 59.6 Å². The van der Waals surface area contributed by atoms with Gasteiger partial charge in [0.25, 0.3) is 5.91 Å². The minimum atomic E-state index is -0.0711. The monoisotopic (exact) mass is 364 g/mol. The molecule has 2 heterocycles. The summed E-state index contributed by atoms with van der Waals surface area (Å²) in [5.41, 5.74) is 2.89. The first-order valence-corrected chi connectivity index (χ1v) is 9.30. The number of hydrogen-bond donors (Lipinski definition) is 0.